The largest absolute Gasteiger partial charge is 0.483 e. The number of hydrogen-bond donors (Lipinski definition) is 0. The van der Waals surface area contributed by atoms with Crippen LogP contribution in [0.1, 0.15) is 67.3 Å². The van der Waals surface area contributed by atoms with Gasteiger partial charge in [0.15, 0.2) is 6.61 Å². The maximum atomic E-state index is 12.6. The van der Waals surface area contributed by atoms with Gasteiger partial charge in [0.2, 0.25) is 0 Å². The van der Waals surface area contributed by atoms with E-state index >= 15 is 0 Å². The van der Waals surface area contributed by atoms with Crippen molar-refractivity contribution in [2.75, 3.05) is 6.61 Å². The molecule has 0 spiro atoms. The highest BCUT2D eigenvalue weighted by Gasteiger charge is 2.18. The lowest BCUT2D eigenvalue weighted by molar-refractivity contribution is 0.0817. The monoisotopic (exact) mass is 342 g/mol. The molecule has 1 heterocycles. The number of nitrogens with zero attached hydrogens (tertiary/aromatic N) is 2. The first-order valence-corrected chi connectivity index (χ1v) is 9.15. The van der Waals surface area contributed by atoms with Crippen molar-refractivity contribution in [3.8, 4) is 5.75 Å². The van der Waals surface area contributed by atoms with Gasteiger partial charge in [0.25, 0.3) is 5.91 Å². The van der Waals surface area contributed by atoms with E-state index in [0.29, 0.717) is 11.8 Å². The number of carbonyl (C=O) groups excluding carboxylic acids is 1. The lowest BCUT2D eigenvalue weighted by Crippen LogP contribution is -2.22. The van der Waals surface area contributed by atoms with E-state index in [4.69, 9.17) is 4.74 Å². The number of aromatic nitrogens is 2. The van der Waals surface area contributed by atoms with E-state index in [-0.39, 0.29) is 12.5 Å². The second-order valence-corrected chi connectivity index (χ2v) is 7.19. The molecule has 0 N–H and O–H groups in total. The summed E-state index contributed by atoms with van der Waals surface area (Å²) in [6, 6.07) is 7.95. The Bertz CT molecular complexity index is 731. The minimum atomic E-state index is -0.130. The molecule has 1 aromatic carbocycles. The van der Waals surface area contributed by atoms with Crippen molar-refractivity contribution < 1.29 is 9.53 Å². The summed E-state index contributed by atoms with van der Waals surface area (Å²) in [5.74, 6) is 1.59. The molecule has 2 rings (SSSR count). The Labute approximate surface area is 151 Å². The van der Waals surface area contributed by atoms with Crippen LogP contribution < -0.4 is 4.74 Å². The summed E-state index contributed by atoms with van der Waals surface area (Å²) >= 11 is 0. The van der Waals surface area contributed by atoms with Crippen LogP contribution in [0.4, 0.5) is 0 Å². The first-order chi connectivity index (χ1) is 11.8. The smallest absolute Gasteiger partial charge is 0.284 e. The Morgan fingerprint density at radius 2 is 1.88 bits per heavy atom. The van der Waals surface area contributed by atoms with Crippen molar-refractivity contribution in [1.29, 1.82) is 0 Å². The van der Waals surface area contributed by atoms with Crippen LogP contribution >= 0.6 is 0 Å². The molecule has 0 aliphatic carbocycles. The molecule has 4 nitrogen and oxygen atoms in total. The number of aryl methyl sites for hydroxylation is 1. The van der Waals surface area contributed by atoms with Gasteiger partial charge in [-0.15, -0.1) is 0 Å². The lowest BCUT2D eigenvalue weighted by Gasteiger charge is -2.15. The minimum Gasteiger partial charge on any atom is -0.483 e. The van der Waals surface area contributed by atoms with Crippen LogP contribution in [0.25, 0.3) is 0 Å². The van der Waals surface area contributed by atoms with E-state index in [1.54, 1.807) is 0 Å². The summed E-state index contributed by atoms with van der Waals surface area (Å²) in [7, 11) is 0. The van der Waals surface area contributed by atoms with Gasteiger partial charge in [0.05, 0.1) is 5.69 Å². The molecular weight excluding hydrogens is 312 g/mol. The summed E-state index contributed by atoms with van der Waals surface area (Å²) in [4.78, 5) is 12.6. The third-order valence-electron chi connectivity index (χ3n) is 4.70. The minimum absolute atomic E-state index is 0.00345. The quantitative estimate of drug-likeness (QED) is 0.716. The average Bonchev–Trinajstić information content (AvgIpc) is 2.87. The SMILES string of the molecule is CCC(C)c1ccccc1OCC(=O)n1nc(C)c(CC(C)C)c1C. The zero-order valence-corrected chi connectivity index (χ0v) is 16.3. The molecule has 0 bridgehead atoms. The predicted molar refractivity (Wildman–Crippen MR) is 102 cm³/mol. The Morgan fingerprint density at radius 1 is 1.20 bits per heavy atom. The van der Waals surface area contributed by atoms with Crippen LogP contribution in [0.5, 0.6) is 5.75 Å². The van der Waals surface area contributed by atoms with Crippen LogP contribution in [-0.4, -0.2) is 22.3 Å². The van der Waals surface area contributed by atoms with Gasteiger partial charge in [-0.25, -0.2) is 4.68 Å². The predicted octanol–water partition coefficient (Wildman–Crippen LogP) is 4.93. The maximum Gasteiger partial charge on any atom is 0.284 e. The second-order valence-electron chi connectivity index (χ2n) is 7.19. The summed E-state index contributed by atoms with van der Waals surface area (Å²) in [5, 5.41) is 4.44. The lowest BCUT2D eigenvalue weighted by atomic mass is 9.98. The fourth-order valence-corrected chi connectivity index (χ4v) is 3.06. The van der Waals surface area contributed by atoms with Gasteiger partial charge in [0, 0.05) is 5.69 Å². The molecule has 1 atom stereocenters. The Balaban J connectivity index is 2.14. The summed E-state index contributed by atoms with van der Waals surface area (Å²) in [6.07, 6.45) is 1.97. The zero-order valence-electron chi connectivity index (χ0n) is 16.3. The number of benzene rings is 1. The highest BCUT2D eigenvalue weighted by Crippen LogP contribution is 2.28. The van der Waals surface area contributed by atoms with Crippen molar-refractivity contribution in [1.82, 2.24) is 9.78 Å². The van der Waals surface area contributed by atoms with E-state index in [0.717, 1.165) is 35.5 Å². The van der Waals surface area contributed by atoms with Crippen LogP contribution in [-0.2, 0) is 6.42 Å². The van der Waals surface area contributed by atoms with Crippen molar-refractivity contribution >= 4 is 5.91 Å². The van der Waals surface area contributed by atoms with Gasteiger partial charge < -0.3 is 4.74 Å². The summed E-state index contributed by atoms with van der Waals surface area (Å²) in [6.45, 7) is 12.6. The molecular formula is C21H30N2O2. The van der Waals surface area contributed by atoms with Gasteiger partial charge in [-0.2, -0.15) is 5.10 Å². The van der Waals surface area contributed by atoms with E-state index in [9.17, 15) is 4.79 Å². The fraction of sp³-hybridized carbons (Fsp3) is 0.524. The molecule has 0 aliphatic rings. The molecule has 0 fully saturated rings. The summed E-state index contributed by atoms with van der Waals surface area (Å²) < 4.78 is 7.35. The van der Waals surface area contributed by atoms with Crippen molar-refractivity contribution in [2.24, 2.45) is 5.92 Å². The molecule has 1 aromatic heterocycles. The Kier molecular flexibility index (Phi) is 6.40. The molecule has 0 saturated carbocycles. The molecule has 136 valence electrons. The molecule has 0 saturated heterocycles. The standard InChI is InChI=1S/C21H30N2O2/c1-7-15(4)18-10-8-9-11-20(18)25-13-21(24)23-17(6)19(12-14(2)3)16(5)22-23/h8-11,14-15H,7,12-13H2,1-6H3. The third-order valence-corrected chi connectivity index (χ3v) is 4.70. The van der Waals surface area contributed by atoms with Crippen LogP contribution in [0.2, 0.25) is 0 Å². The van der Waals surface area contributed by atoms with Crippen molar-refractivity contribution in [3.05, 3.63) is 46.8 Å². The molecule has 0 amide bonds. The highest BCUT2D eigenvalue weighted by molar-refractivity contribution is 5.80. The molecule has 4 heteroatoms. The number of carbonyl (C=O) groups is 1. The van der Waals surface area contributed by atoms with E-state index in [1.165, 1.54) is 10.2 Å². The maximum absolute atomic E-state index is 12.6. The molecule has 25 heavy (non-hydrogen) atoms. The number of hydrogen-bond acceptors (Lipinski definition) is 3. The highest BCUT2D eigenvalue weighted by atomic mass is 16.5. The number of ether oxygens (including phenoxy) is 1. The van der Waals surface area contributed by atoms with E-state index in [1.807, 2.05) is 32.0 Å². The van der Waals surface area contributed by atoms with Crippen LogP contribution in [0.3, 0.4) is 0 Å². The van der Waals surface area contributed by atoms with Crippen molar-refractivity contribution in [3.63, 3.8) is 0 Å². The van der Waals surface area contributed by atoms with Gasteiger partial charge in [-0.05, 0) is 55.7 Å². The fourth-order valence-electron chi connectivity index (χ4n) is 3.06. The van der Waals surface area contributed by atoms with Gasteiger partial charge in [0.1, 0.15) is 5.75 Å². The first-order valence-electron chi connectivity index (χ1n) is 9.15. The molecule has 2 aromatic rings. The zero-order chi connectivity index (χ0) is 18.6. The van der Waals surface area contributed by atoms with Crippen LogP contribution in [0.15, 0.2) is 24.3 Å². The second kappa shape index (κ2) is 8.32. The summed E-state index contributed by atoms with van der Waals surface area (Å²) in [5.41, 5.74) is 4.17. The normalized spacial score (nSPS) is 12.4. The Hall–Kier alpha value is -2.10. The van der Waals surface area contributed by atoms with E-state index < -0.39 is 0 Å². The van der Waals surface area contributed by atoms with Gasteiger partial charge >= 0.3 is 0 Å². The third kappa shape index (κ3) is 4.50. The van der Waals surface area contributed by atoms with Crippen molar-refractivity contribution in [2.45, 2.75) is 60.3 Å². The van der Waals surface area contributed by atoms with Gasteiger partial charge in [-0.3, -0.25) is 4.79 Å². The number of rotatable bonds is 7. The average molecular weight is 342 g/mol. The van der Waals surface area contributed by atoms with Gasteiger partial charge in [-0.1, -0.05) is 45.9 Å². The van der Waals surface area contributed by atoms with Crippen LogP contribution in [0, 0.1) is 19.8 Å². The molecule has 1 unspecified atom stereocenters. The topological polar surface area (TPSA) is 44.1 Å². The van der Waals surface area contributed by atoms with E-state index in [2.05, 4.69) is 38.9 Å². The first kappa shape index (κ1) is 19.2. The molecule has 0 radical (unpaired) electrons. The number of para-hydroxylation sites is 1. The molecule has 0 aliphatic heterocycles. The Morgan fingerprint density at radius 3 is 2.52 bits per heavy atom.